The number of nitrogens with one attached hydrogen (secondary N) is 1. The molecule has 140 valence electrons. The zero-order valence-electron chi connectivity index (χ0n) is 15.4. The van der Waals surface area contributed by atoms with Crippen LogP contribution in [0, 0.1) is 5.82 Å². The van der Waals surface area contributed by atoms with Crippen LogP contribution >= 0.6 is 0 Å². The predicted octanol–water partition coefficient (Wildman–Crippen LogP) is 4.17. The number of methoxy groups -OCH3 is 1. The van der Waals surface area contributed by atoms with Gasteiger partial charge in [0.2, 0.25) is 0 Å². The summed E-state index contributed by atoms with van der Waals surface area (Å²) < 4.78 is 21.1. The third-order valence-corrected chi connectivity index (χ3v) is 4.84. The maximum absolute atomic E-state index is 14.4. The fourth-order valence-corrected chi connectivity index (χ4v) is 3.45. The molecule has 1 aromatic heterocycles. The maximum atomic E-state index is 14.4. The van der Waals surface area contributed by atoms with E-state index in [9.17, 15) is 9.18 Å². The minimum atomic E-state index is -0.412. The number of rotatable bonds is 6. The van der Waals surface area contributed by atoms with Crippen molar-refractivity contribution in [2.75, 3.05) is 7.11 Å². The highest BCUT2D eigenvalue weighted by Gasteiger charge is 2.21. The first kappa shape index (κ1) is 18.4. The van der Waals surface area contributed by atoms with Crippen LogP contribution in [-0.4, -0.2) is 28.8 Å². The Hall–Kier alpha value is -2.37. The second-order valence-corrected chi connectivity index (χ2v) is 6.79. The minimum Gasteiger partial charge on any atom is -0.497 e. The van der Waals surface area contributed by atoms with Gasteiger partial charge in [0.25, 0.3) is 5.91 Å². The fourth-order valence-electron chi connectivity index (χ4n) is 3.45. The third-order valence-electron chi connectivity index (χ3n) is 4.84. The normalized spacial score (nSPS) is 15.0. The fraction of sp³-hybridized carbons (Fsp3) is 0.500. The van der Waals surface area contributed by atoms with Crippen LogP contribution in [0.3, 0.4) is 0 Å². The minimum absolute atomic E-state index is 0.127. The Bertz CT molecular complexity index is 766. The lowest BCUT2D eigenvalue weighted by Gasteiger charge is -2.22. The van der Waals surface area contributed by atoms with E-state index in [1.807, 2.05) is 6.92 Å². The lowest BCUT2D eigenvalue weighted by Crippen LogP contribution is -2.37. The summed E-state index contributed by atoms with van der Waals surface area (Å²) in [5.74, 6) is -0.0859. The number of carbonyl (C=O) groups excluding carboxylic acids is 1. The molecule has 6 heteroatoms. The van der Waals surface area contributed by atoms with E-state index in [-0.39, 0.29) is 11.9 Å². The molecule has 2 aromatic rings. The van der Waals surface area contributed by atoms with Crippen LogP contribution in [0.25, 0.3) is 11.3 Å². The van der Waals surface area contributed by atoms with Gasteiger partial charge in [-0.25, -0.2) is 4.39 Å². The smallest absolute Gasteiger partial charge is 0.269 e. The molecular formula is C20H26FN3O2. The average Bonchev–Trinajstić information content (AvgIpc) is 3.06. The first-order valence-electron chi connectivity index (χ1n) is 9.35. The highest BCUT2D eigenvalue weighted by molar-refractivity contribution is 5.94. The highest BCUT2D eigenvalue weighted by atomic mass is 19.1. The zero-order valence-corrected chi connectivity index (χ0v) is 15.4. The molecule has 1 aromatic carbocycles. The van der Waals surface area contributed by atoms with Crippen molar-refractivity contribution in [2.45, 2.75) is 58.0 Å². The Kier molecular flexibility index (Phi) is 5.91. The van der Waals surface area contributed by atoms with E-state index in [4.69, 9.17) is 4.74 Å². The van der Waals surface area contributed by atoms with E-state index < -0.39 is 5.82 Å². The Labute approximate surface area is 153 Å². The molecule has 0 bridgehead atoms. The summed E-state index contributed by atoms with van der Waals surface area (Å²) in [7, 11) is 1.50. The van der Waals surface area contributed by atoms with Crippen LogP contribution in [0.2, 0.25) is 0 Å². The molecule has 0 unspecified atom stereocenters. The lowest BCUT2D eigenvalue weighted by atomic mass is 9.95. The molecule has 5 nitrogen and oxygen atoms in total. The SMILES string of the molecule is CCCn1nc(-c2ccc(OC)cc2F)cc1C(=O)NC1CCCCC1. The number of amides is 1. The summed E-state index contributed by atoms with van der Waals surface area (Å²) in [5, 5.41) is 7.59. The van der Waals surface area contributed by atoms with Crippen molar-refractivity contribution in [1.29, 1.82) is 0 Å². The number of ether oxygens (including phenoxy) is 1. The predicted molar refractivity (Wildman–Crippen MR) is 98.8 cm³/mol. The van der Waals surface area contributed by atoms with Gasteiger partial charge in [-0.05, 0) is 37.5 Å². The molecule has 26 heavy (non-hydrogen) atoms. The quantitative estimate of drug-likeness (QED) is 0.842. The maximum Gasteiger partial charge on any atom is 0.269 e. The molecule has 0 saturated heterocycles. The Morgan fingerprint density at radius 1 is 1.31 bits per heavy atom. The number of aromatic nitrogens is 2. The summed E-state index contributed by atoms with van der Waals surface area (Å²) in [6.45, 7) is 2.64. The number of benzene rings is 1. The number of carbonyl (C=O) groups is 1. The van der Waals surface area contributed by atoms with E-state index in [2.05, 4.69) is 10.4 Å². The van der Waals surface area contributed by atoms with Gasteiger partial charge in [0.05, 0.1) is 12.8 Å². The molecule has 0 atom stereocenters. The van der Waals surface area contributed by atoms with Crippen LogP contribution in [0.15, 0.2) is 24.3 Å². The van der Waals surface area contributed by atoms with E-state index in [1.54, 1.807) is 22.9 Å². The van der Waals surface area contributed by atoms with Gasteiger partial charge in [-0.3, -0.25) is 9.48 Å². The molecule has 0 spiro atoms. The van der Waals surface area contributed by atoms with Gasteiger partial charge >= 0.3 is 0 Å². The van der Waals surface area contributed by atoms with Gasteiger partial charge in [0, 0.05) is 24.2 Å². The molecular weight excluding hydrogens is 333 g/mol. The molecule has 1 N–H and O–H groups in total. The van der Waals surface area contributed by atoms with Gasteiger partial charge in [0.1, 0.15) is 17.3 Å². The molecule has 0 aliphatic heterocycles. The topological polar surface area (TPSA) is 56.2 Å². The largest absolute Gasteiger partial charge is 0.497 e. The molecule has 1 amide bonds. The second-order valence-electron chi connectivity index (χ2n) is 6.79. The summed E-state index contributed by atoms with van der Waals surface area (Å²) in [4.78, 5) is 12.8. The van der Waals surface area contributed by atoms with Gasteiger partial charge in [-0.1, -0.05) is 26.2 Å². The van der Waals surface area contributed by atoms with Crippen LogP contribution in [0.1, 0.15) is 55.9 Å². The summed E-state index contributed by atoms with van der Waals surface area (Å²) in [5.41, 5.74) is 1.32. The third kappa shape index (κ3) is 4.06. The molecule has 1 saturated carbocycles. The molecule has 1 aliphatic carbocycles. The van der Waals surface area contributed by atoms with Crippen molar-refractivity contribution in [3.05, 3.63) is 35.8 Å². The Morgan fingerprint density at radius 3 is 2.73 bits per heavy atom. The van der Waals surface area contributed by atoms with Crippen molar-refractivity contribution in [3.63, 3.8) is 0 Å². The number of aryl methyl sites for hydroxylation is 1. The van der Waals surface area contributed by atoms with Gasteiger partial charge in [-0.15, -0.1) is 0 Å². The molecule has 1 fully saturated rings. The Morgan fingerprint density at radius 2 is 2.08 bits per heavy atom. The molecule has 0 radical (unpaired) electrons. The summed E-state index contributed by atoms with van der Waals surface area (Å²) in [6, 6.07) is 6.56. The van der Waals surface area contributed by atoms with E-state index in [0.717, 1.165) is 32.1 Å². The van der Waals surface area contributed by atoms with Crippen LogP contribution in [0.4, 0.5) is 4.39 Å². The molecule has 1 aliphatic rings. The summed E-state index contributed by atoms with van der Waals surface area (Å²) >= 11 is 0. The monoisotopic (exact) mass is 359 g/mol. The highest BCUT2D eigenvalue weighted by Crippen LogP contribution is 2.26. The first-order chi connectivity index (χ1) is 12.6. The van der Waals surface area contributed by atoms with Crippen molar-refractivity contribution in [2.24, 2.45) is 0 Å². The van der Waals surface area contributed by atoms with Crippen LogP contribution < -0.4 is 10.1 Å². The van der Waals surface area contributed by atoms with Gasteiger partial charge in [-0.2, -0.15) is 5.10 Å². The van der Waals surface area contributed by atoms with Gasteiger partial charge < -0.3 is 10.1 Å². The van der Waals surface area contributed by atoms with Crippen LogP contribution in [-0.2, 0) is 6.54 Å². The van der Waals surface area contributed by atoms with E-state index in [1.165, 1.54) is 19.6 Å². The molecule has 1 heterocycles. The zero-order chi connectivity index (χ0) is 18.5. The van der Waals surface area contributed by atoms with Gasteiger partial charge in [0.15, 0.2) is 0 Å². The van der Waals surface area contributed by atoms with Crippen LogP contribution in [0.5, 0.6) is 5.75 Å². The lowest BCUT2D eigenvalue weighted by molar-refractivity contribution is 0.0916. The number of nitrogens with zero attached hydrogens (tertiary/aromatic N) is 2. The van der Waals surface area contributed by atoms with E-state index >= 15 is 0 Å². The number of halogens is 1. The van der Waals surface area contributed by atoms with Crippen molar-refractivity contribution >= 4 is 5.91 Å². The second kappa shape index (κ2) is 8.34. The van der Waals surface area contributed by atoms with Crippen molar-refractivity contribution in [3.8, 4) is 17.0 Å². The van der Waals surface area contributed by atoms with Crippen molar-refractivity contribution in [1.82, 2.24) is 15.1 Å². The number of hydrogen-bond acceptors (Lipinski definition) is 3. The Balaban J connectivity index is 1.86. The standard InChI is InChI=1S/C20H26FN3O2/c1-3-11-24-19(20(25)22-14-7-5-4-6-8-14)13-18(23-24)16-10-9-15(26-2)12-17(16)21/h9-10,12-14H,3-8,11H2,1-2H3,(H,22,25). The summed E-state index contributed by atoms with van der Waals surface area (Å²) in [6.07, 6.45) is 6.43. The first-order valence-corrected chi connectivity index (χ1v) is 9.35. The van der Waals surface area contributed by atoms with E-state index in [0.29, 0.717) is 29.2 Å². The van der Waals surface area contributed by atoms with Crippen molar-refractivity contribution < 1.29 is 13.9 Å². The average molecular weight is 359 g/mol. The number of hydrogen-bond donors (Lipinski definition) is 1. The molecule has 3 rings (SSSR count).